The number of anilines is 1. The summed E-state index contributed by atoms with van der Waals surface area (Å²) >= 11 is 5.99. The number of benzene rings is 2. The average molecular weight is 363 g/mol. The highest BCUT2D eigenvalue weighted by Crippen LogP contribution is 2.33. The van der Waals surface area contributed by atoms with E-state index in [1.54, 1.807) is 6.07 Å². The maximum atomic E-state index is 11.6. The highest BCUT2D eigenvalue weighted by atomic mass is 35.5. The molecule has 0 radical (unpaired) electrons. The lowest BCUT2D eigenvalue weighted by Crippen LogP contribution is -2.26. The number of hydrogen-bond donors (Lipinski definition) is 1. The van der Waals surface area contributed by atoms with Crippen molar-refractivity contribution >= 4 is 38.2 Å². The first-order chi connectivity index (χ1) is 11.2. The molecule has 0 spiro atoms. The summed E-state index contributed by atoms with van der Waals surface area (Å²) in [7, 11) is -3.33. The summed E-state index contributed by atoms with van der Waals surface area (Å²) in [5.74, 6) is 0. The van der Waals surface area contributed by atoms with Gasteiger partial charge in [0.05, 0.1) is 23.0 Å². The second kappa shape index (κ2) is 5.83. The zero-order valence-electron chi connectivity index (χ0n) is 13.7. The normalized spacial score (nSPS) is 12.5. The number of fused-ring (bicyclic) bond motifs is 1. The number of hydrogen-bond acceptors (Lipinski definition) is 2. The predicted octanol–water partition coefficient (Wildman–Crippen LogP) is 4.45. The van der Waals surface area contributed by atoms with Gasteiger partial charge in [-0.2, -0.15) is 0 Å². The molecule has 3 aromatic rings. The summed E-state index contributed by atoms with van der Waals surface area (Å²) in [5, 5.41) is 1.57. The molecule has 0 bridgehead atoms. The van der Waals surface area contributed by atoms with Crippen LogP contribution in [-0.4, -0.2) is 19.2 Å². The summed E-state index contributed by atoms with van der Waals surface area (Å²) in [6.45, 7) is 4.23. The van der Waals surface area contributed by atoms with E-state index in [1.807, 2.05) is 48.7 Å². The van der Waals surface area contributed by atoms with E-state index in [4.69, 9.17) is 11.6 Å². The molecule has 4 nitrogen and oxygen atoms in total. The number of sulfonamides is 1. The Morgan fingerprint density at radius 3 is 2.33 bits per heavy atom. The number of nitrogens with zero attached hydrogens (tertiary/aromatic N) is 1. The van der Waals surface area contributed by atoms with Crippen LogP contribution in [0.4, 0.5) is 5.69 Å². The molecule has 2 aromatic carbocycles. The fraction of sp³-hybridized carbons (Fsp3) is 0.222. The van der Waals surface area contributed by atoms with Crippen molar-refractivity contribution in [3.05, 3.63) is 65.3 Å². The van der Waals surface area contributed by atoms with E-state index in [0.29, 0.717) is 10.7 Å². The van der Waals surface area contributed by atoms with Gasteiger partial charge in [0, 0.05) is 16.6 Å². The van der Waals surface area contributed by atoms with Crippen molar-refractivity contribution in [2.45, 2.75) is 19.4 Å². The van der Waals surface area contributed by atoms with Gasteiger partial charge in [0.2, 0.25) is 10.0 Å². The van der Waals surface area contributed by atoms with E-state index in [-0.39, 0.29) is 5.54 Å². The summed E-state index contributed by atoms with van der Waals surface area (Å²) in [6.07, 6.45) is 3.13. The summed E-state index contributed by atoms with van der Waals surface area (Å²) in [4.78, 5) is 0. The number of halogens is 1. The Labute approximate surface area is 147 Å². The molecule has 3 rings (SSSR count). The lowest BCUT2D eigenvalue weighted by atomic mass is 9.94. The highest BCUT2D eigenvalue weighted by molar-refractivity contribution is 7.92. The molecule has 0 unspecified atom stereocenters. The quantitative estimate of drug-likeness (QED) is 0.745. The Morgan fingerprint density at radius 1 is 1.04 bits per heavy atom. The molecule has 0 fully saturated rings. The Hall–Kier alpha value is -1.98. The molecule has 6 heteroatoms. The summed E-state index contributed by atoms with van der Waals surface area (Å²) in [6, 6.07) is 15.3. The van der Waals surface area contributed by atoms with Gasteiger partial charge in [0.1, 0.15) is 0 Å². The molecular weight excluding hydrogens is 344 g/mol. The Kier molecular flexibility index (Phi) is 4.10. The first kappa shape index (κ1) is 16.9. The Bertz CT molecular complexity index is 990. The van der Waals surface area contributed by atoms with Gasteiger partial charge in [-0.15, -0.1) is 0 Å². The van der Waals surface area contributed by atoms with Crippen molar-refractivity contribution in [2.24, 2.45) is 0 Å². The number of nitrogens with one attached hydrogen (secondary N) is 1. The van der Waals surface area contributed by atoms with Crippen LogP contribution in [0.3, 0.4) is 0 Å². The molecule has 1 aromatic heterocycles. The molecule has 0 atom stereocenters. The van der Waals surface area contributed by atoms with Gasteiger partial charge in [0.15, 0.2) is 0 Å². The molecule has 0 aliphatic heterocycles. The fourth-order valence-corrected chi connectivity index (χ4v) is 3.64. The highest BCUT2D eigenvalue weighted by Gasteiger charge is 2.24. The van der Waals surface area contributed by atoms with E-state index < -0.39 is 10.0 Å². The maximum absolute atomic E-state index is 11.6. The lowest BCUT2D eigenvalue weighted by Gasteiger charge is -2.29. The molecule has 0 amide bonds. The Morgan fingerprint density at radius 2 is 1.71 bits per heavy atom. The second-order valence-corrected chi connectivity index (χ2v) is 8.55. The van der Waals surface area contributed by atoms with Crippen LogP contribution in [0.1, 0.15) is 19.4 Å². The molecule has 0 aliphatic rings. The van der Waals surface area contributed by atoms with Crippen molar-refractivity contribution in [3.8, 4) is 0 Å². The van der Waals surface area contributed by atoms with Crippen LogP contribution in [0.2, 0.25) is 5.02 Å². The smallest absolute Gasteiger partial charge is 0.229 e. The van der Waals surface area contributed by atoms with E-state index in [9.17, 15) is 8.42 Å². The topological polar surface area (TPSA) is 51.1 Å². The number of rotatable bonds is 4. The van der Waals surface area contributed by atoms with Crippen molar-refractivity contribution < 1.29 is 8.42 Å². The van der Waals surface area contributed by atoms with Crippen LogP contribution in [-0.2, 0) is 15.6 Å². The molecule has 0 saturated heterocycles. The van der Waals surface area contributed by atoms with E-state index in [2.05, 4.69) is 23.1 Å². The van der Waals surface area contributed by atoms with Gasteiger partial charge in [-0.1, -0.05) is 29.8 Å². The van der Waals surface area contributed by atoms with Gasteiger partial charge in [-0.25, -0.2) is 8.42 Å². The third-order valence-corrected chi connectivity index (χ3v) is 5.02. The zero-order chi connectivity index (χ0) is 17.5. The van der Waals surface area contributed by atoms with Gasteiger partial charge in [-0.05, 0) is 49.7 Å². The zero-order valence-corrected chi connectivity index (χ0v) is 15.3. The Balaban J connectivity index is 2.14. The SMILES string of the molecule is CC(C)(c1ccc(Cl)cc1)n1ccc2c(NS(C)(=O)=O)cccc21. The van der Waals surface area contributed by atoms with Gasteiger partial charge in [0.25, 0.3) is 0 Å². The van der Waals surface area contributed by atoms with E-state index in [0.717, 1.165) is 22.7 Å². The predicted molar refractivity (Wildman–Crippen MR) is 100 cm³/mol. The van der Waals surface area contributed by atoms with Gasteiger partial charge < -0.3 is 4.57 Å². The molecular formula is C18H19ClN2O2S. The molecule has 1 heterocycles. The van der Waals surface area contributed by atoms with Crippen molar-refractivity contribution in [1.82, 2.24) is 4.57 Å². The fourth-order valence-electron chi connectivity index (χ4n) is 2.94. The van der Waals surface area contributed by atoms with E-state index >= 15 is 0 Å². The third-order valence-electron chi connectivity index (χ3n) is 4.18. The third kappa shape index (κ3) is 3.14. The summed E-state index contributed by atoms with van der Waals surface area (Å²) in [5.41, 5.74) is 2.35. The van der Waals surface area contributed by atoms with Crippen molar-refractivity contribution in [1.29, 1.82) is 0 Å². The van der Waals surface area contributed by atoms with Crippen LogP contribution in [0.5, 0.6) is 0 Å². The van der Waals surface area contributed by atoms with Crippen LogP contribution in [0, 0.1) is 0 Å². The molecule has 0 saturated carbocycles. The maximum Gasteiger partial charge on any atom is 0.229 e. The minimum atomic E-state index is -3.33. The van der Waals surface area contributed by atoms with Crippen LogP contribution < -0.4 is 4.72 Å². The molecule has 1 N–H and O–H groups in total. The van der Waals surface area contributed by atoms with Crippen LogP contribution in [0.25, 0.3) is 10.9 Å². The van der Waals surface area contributed by atoms with Crippen molar-refractivity contribution in [2.75, 3.05) is 11.0 Å². The van der Waals surface area contributed by atoms with Crippen LogP contribution >= 0.6 is 11.6 Å². The monoisotopic (exact) mass is 362 g/mol. The largest absolute Gasteiger partial charge is 0.338 e. The van der Waals surface area contributed by atoms with Crippen LogP contribution in [0.15, 0.2) is 54.7 Å². The minimum absolute atomic E-state index is 0.309. The molecule has 0 aliphatic carbocycles. The average Bonchev–Trinajstić information content (AvgIpc) is 2.92. The first-order valence-electron chi connectivity index (χ1n) is 7.53. The van der Waals surface area contributed by atoms with Crippen molar-refractivity contribution in [3.63, 3.8) is 0 Å². The lowest BCUT2D eigenvalue weighted by molar-refractivity contribution is 0.451. The second-order valence-electron chi connectivity index (χ2n) is 6.36. The number of aromatic nitrogens is 1. The van der Waals surface area contributed by atoms with Gasteiger partial charge in [-0.3, -0.25) is 4.72 Å². The molecule has 126 valence electrons. The minimum Gasteiger partial charge on any atom is -0.338 e. The first-order valence-corrected chi connectivity index (χ1v) is 9.80. The van der Waals surface area contributed by atoms with E-state index in [1.165, 1.54) is 0 Å². The summed E-state index contributed by atoms with van der Waals surface area (Å²) < 4.78 is 27.9. The standard InChI is InChI=1S/C18H19ClN2O2S/c1-18(2,13-7-9-14(19)10-8-13)21-12-11-15-16(20-24(3,22)23)5-4-6-17(15)21/h4-12,20H,1-3H3. The molecule has 24 heavy (non-hydrogen) atoms. The van der Waals surface area contributed by atoms with Gasteiger partial charge >= 0.3 is 0 Å².